The molecule has 76 heavy (non-hydrogen) atoms. The maximum atomic E-state index is 13.8. The lowest BCUT2D eigenvalue weighted by molar-refractivity contribution is -0.135. The average Bonchev–Trinajstić information content (AvgIpc) is 3.50. The molecule has 0 atom stereocenters. The molecule has 2 heterocycles. The number of ether oxygens (including phenoxy) is 2. The van der Waals surface area contributed by atoms with Gasteiger partial charge < -0.3 is 29.9 Å². The highest BCUT2D eigenvalue weighted by Gasteiger charge is 2.29. The molecule has 0 bridgehead atoms. The topological polar surface area (TPSA) is 143 Å². The highest BCUT2D eigenvalue weighted by molar-refractivity contribution is 5.97. The third-order valence-corrected chi connectivity index (χ3v) is 14.5. The van der Waals surface area contributed by atoms with Gasteiger partial charge in [0.1, 0.15) is 0 Å². The van der Waals surface area contributed by atoms with E-state index in [4.69, 9.17) is 9.47 Å². The van der Waals surface area contributed by atoms with Crippen LogP contribution in [0, 0.1) is 11.8 Å². The second kappa shape index (κ2) is 25.7. The largest absolute Gasteiger partial charge is 0.466 e. The minimum atomic E-state index is -0.413. The zero-order valence-corrected chi connectivity index (χ0v) is 43.5. The van der Waals surface area contributed by atoms with Crippen LogP contribution in [0.15, 0.2) is 158 Å². The highest BCUT2D eigenvalue weighted by atomic mass is 16.5. The van der Waals surface area contributed by atoms with Crippen molar-refractivity contribution < 1.29 is 28.7 Å². The van der Waals surface area contributed by atoms with Crippen LogP contribution in [0.2, 0.25) is 0 Å². The number of benzene rings is 6. The number of methoxy groups -OCH3 is 2. The van der Waals surface area contributed by atoms with Gasteiger partial charge in [-0.2, -0.15) is 0 Å². The van der Waals surface area contributed by atoms with E-state index in [1.54, 1.807) is 24.5 Å². The smallest absolute Gasteiger partial charge is 0.330 e. The third kappa shape index (κ3) is 13.7. The molecular formula is C64H66N6O6. The lowest BCUT2D eigenvalue weighted by atomic mass is 9.88. The Bertz CT molecular complexity index is 3190. The summed E-state index contributed by atoms with van der Waals surface area (Å²) < 4.78 is 9.43. The van der Waals surface area contributed by atoms with Gasteiger partial charge in [0, 0.05) is 60.8 Å². The van der Waals surface area contributed by atoms with Crippen LogP contribution < -0.4 is 20.4 Å². The van der Waals surface area contributed by atoms with Crippen molar-refractivity contribution in [2.24, 2.45) is 11.8 Å². The summed E-state index contributed by atoms with van der Waals surface area (Å²) in [6, 6.07) is 44.9. The zero-order chi connectivity index (χ0) is 52.6. The number of anilines is 4. The Morgan fingerprint density at radius 2 is 0.947 bits per heavy atom. The summed E-state index contributed by atoms with van der Waals surface area (Å²) >= 11 is 0. The second-order valence-electron chi connectivity index (χ2n) is 19.7. The lowest BCUT2D eigenvalue weighted by Gasteiger charge is -2.30. The first-order valence-corrected chi connectivity index (χ1v) is 26.6. The molecule has 1 aliphatic heterocycles. The first-order valence-electron chi connectivity index (χ1n) is 26.6. The van der Waals surface area contributed by atoms with Crippen molar-refractivity contribution in [2.75, 3.05) is 47.7 Å². The quantitative estimate of drug-likeness (QED) is 0.0798. The summed E-state index contributed by atoms with van der Waals surface area (Å²) in [5, 5.41) is 6.88. The molecule has 10 rings (SSSR count). The number of nitrogens with one attached hydrogen (secondary N) is 2. The molecule has 12 heteroatoms. The number of nitrogens with zero attached hydrogens (tertiary/aromatic N) is 4. The molecule has 12 nitrogen and oxygen atoms in total. The Hall–Kier alpha value is -8.38. The summed E-state index contributed by atoms with van der Waals surface area (Å²) in [5.41, 5.74) is 13.9. The Morgan fingerprint density at radius 1 is 0.500 bits per heavy atom. The van der Waals surface area contributed by atoms with Crippen LogP contribution in [0.5, 0.6) is 0 Å². The molecule has 2 fully saturated rings. The van der Waals surface area contributed by atoms with Crippen molar-refractivity contribution in [1.82, 2.24) is 9.97 Å². The van der Waals surface area contributed by atoms with Gasteiger partial charge in [0.25, 0.3) is 0 Å². The normalized spacial score (nSPS) is 14.7. The van der Waals surface area contributed by atoms with Crippen LogP contribution >= 0.6 is 0 Å². The number of amides is 2. The number of esters is 2. The van der Waals surface area contributed by atoms with E-state index in [1.165, 1.54) is 39.2 Å². The second-order valence-corrected chi connectivity index (χ2v) is 19.7. The number of hydrogen-bond donors (Lipinski definition) is 2. The number of hydrogen-bond acceptors (Lipinski definition) is 10. The number of fused-ring (bicyclic) bond motifs is 2. The summed E-state index contributed by atoms with van der Waals surface area (Å²) in [4.78, 5) is 63.3. The van der Waals surface area contributed by atoms with Crippen LogP contribution in [-0.4, -0.2) is 61.0 Å². The molecular weight excluding hydrogens is 949 g/mol. The van der Waals surface area contributed by atoms with E-state index >= 15 is 0 Å². The van der Waals surface area contributed by atoms with Gasteiger partial charge in [-0.25, -0.2) is 9.59 Å². The van der Waals surface area contributed by atoms with E-state index in [9.17, 15) is 19.2 Å². The van der Waals surface area contributed by atoms with E-state index < -0.39 is 11.9 Å². The van der Waals surface area contributed by atoms with Crippen LogP contribution in [0.25, 0.3) is 45.4 Å². The van der Waals surface area contributed by atoms with Gasteiger partial charge in [-0.3, -0.25) is 19.6 Å². The van der Waals surface area contributed by atoms with E-state index in [-0.39, 0.29) is 23.7 Å². The van der Waals surface area contributed by atoms with Crippen molar-refractivity contribution in [2.45, 2.75) is 77.3 Å². The molecule has 0 saturated heterocycles. The predicted octanol–water partition coefficient (Wildman–Crippen LogP) is 13.1. The van der Waals surface area contributed by atoms with Gasteiger partial charge in [0.05, 0.1) is 49.7 Å². The number of aromatic nitrogens is 2. The van der Waals surface area contributed by atoms with Gasteiger partial charge in [-0.05, 0) is 131 Å². The summed E-state index contributed by atoms with van der Waals surface area (Å²) in [7, 11) is 2.71. The maximum absolute atomic E-state index is 13.8. The van der Waals surface area contributed by atoms with Crippen molar-refractivity contribution in [3.8, 4) is 22.3 Å². The fourth-order valence-corrected chi connectivity index (χ4v) is 10.3. The highest BCUT2D eigenvalue weighted by Crippen LogP contribution is 2.34. The maximum Gasteiger partial charge on any atom is 0.330 e. The number of rotatable bonds is 14. The van der Waals surface area contributed by atoms with Gasteiger partial charge in [-0.15, -0.1) is 0 Å². The minimum absolute atomic E-state index is 0.0380. The SMILES string of the molecule is COC(=O)/C=C/c1cccc(N(Cc2ccc(-c3ccc4c(c3)NCCN4)cc2)C(=O)C2CCCCC2)c1.COC(=O)/C=C/c1cccc(N(Cc2ccc(-c3ccc4nccnc4c3)cc2)C(=O)C2CCCCC2)c1. The molecule has 0 spiro atoms. The fourth-order valence-electron chi connectivity index (χ4n) is 10.3. The van der Waals surface area contributed by atoms with Gasteiger partial charge in [0.15, 0.2) is 0 Å². The Kier molecular flexibility index (Phi) is 17.8. The van der Waals surface area contributed by atoms with Crippen LogP contribution in [0.1, 0.15) is 86.5 Å². The van der Waals surface area contributed by atoms with E-state index in [0.717, 1.165) is 143 Å². The standard InChI is InChI=1S/C32H35N3O3.C32H31N3O3/c2*1-38-31(36)17-12-23-6-5-9-28(20-23)35(32(37)26-7-3-2-4-8-26)22-24-10-13-25(14-11-24)27-15-16-29-30(21-27)34-19-18-33-29/h5-6,9-17,20-21,26,33-34H,2-4,7-8,18-19,22H2,1H3;5-6,9-21,26H,2-4,7-8,22H2,1H3/b2*17-12+. The minimum Gasteiger partial charge on any atom is -0.466 e. The van der Waals surface area contributed by atoms with Crippen LogP contribution in [-0.2, 0) is 41.7 Å². The van der Waals surface area contributed by atoms with Crippen LogP contribution in [0.3, 0.4) is 0 Å². The van der Waals surface area contributed by atoms with E-state index in [2.05, 4.69) is 93.4 Å². The molecule has 388 valence electrons. The van der Waals surface area contributed by atoms with E-state index in [0.29, 0.717) is 13.1 Å². The number of carbonyl (C=O) groups is 4. The Labute approximate surface area is 445 Å². The monoisotopic (exact) mass is 1010 g/mol. The molecule has 2 saturated carbocycles. The third-order valence-electron chi connectivity index (χ3n) is 14.5. The average molecular weight is 1020 g/mol. The molecule has 6 aromatic carbocycles. The Balaban J connectivity index is 0.000000186. The molecule has 3 aliphatic rings. The van der Waals surface area contributed by atoms with Crippen molar-refractivity contribution >= 4 is 69.7 Å². The molecule has 2 N–H and O–H groups in total. The predicted molar refractivity (Wildman–Crippen MR) is 304 cm³/mol. The van der Waals surface area contributed by atoms with Crippen molar-refractivity contribution in [3.05, 3.63) is 180 Å². The van der Waals surface area contributed by atoms with Crippen molar-refractivity contribution in [3.63, 3.8) is 0 Å². The molecule has 7 aromatic rings. The molecule has 1 aromatic heterocycles. The zero-order valence-electron chi connectivity index (χ0n) is 43.5. The van der Waals surface area contributed by atoms with Crippen molar-refractivity contribution in [1.29, 1.82) is 0 Å². The van der Waals surface area contributed by atoms with Crippen LogP contribution in [0.4, 0.5) is 22.7 Å². The number of carbonyl (C=O) groups excluding carboxylic acids is 4. The summed E-state index contributed by atoms with van der Waals surface area (Å²) in [5.74, 6) is -0.391. The lowest BCUT2D eigenvalue weighted by Crippen LogP contribution is -2.36. The van der Waals surface area contributed by atoms with Gasteiger partial charge >= 0.3 is 11.9 Å². The molecule has 2 aliphatic carbocycles. The molecule has 2 amide bonds. The first kappa shape index (κ1) is 52.5. The van der Waals surface area contributed by atoms with E-state index in [1.807, 2.05) is 70.5 Å². The first-order chi connectivity index (χ1) is 37.2. The fraction of sp³-hybridized carbons (Fsp3) is 0.281. The van der Waals surface area contributed by atoms with Gasteiger partial charge in [-0.1, -0.05) is 123 Å². The molecule has 0 radical (unpaired) electrons. The summed E-state index contributed by atoms with van der Waals surface area (Å²) in [6.07, 6.45) is 20.2. The summed E-state index contributed by atoms with van der Waals surface area (Å²) in [6.45, 7) is 2.82. The Morgan fingerprint density at radius 3 is 1.45 bits per heavy atom. The van der Waals surface area contributed by atoms with Gasteiger partial charge in [0.2, 0.25) is 11.8 Å². The molecule has 0 unspecified atom stereocenters.